The Morgan fingerprint density at radius 1 is 1.18 bits per heavy atom. The molecule has 0 aliphatic heterocycles. The molecule has 1 amide bonds. The molecule has 3 nitrogen and oxygen atoms in total. The quantitative estimate of drug-likeness (QED) is 0.679. The van der Waals surface area contributed by atoms with Crippen molar-refractivity contribution in [3.05, 3.63) is 70.8 Å². The monoisotopic (exact) mass is 404 g/mol. The first-order valence-corrected chi connectivity index (χ1v) is 10.1. The highest BCUT2D eigenvalue weighted by atomic mass is 32.2. The number of carbonyl (C=O) groups is 1. The zero-order valence-corrected chi connectivity index (χ0v) is 15.8. The number of hydrogen-bond donors (Lipinski definition) is 1. The summed E-state index contributed by atoms with van der Waals surface area (Å²) in [5.41, 5.74) is 1.74. The van der Waals surface area contributed by atoms with Crippen LogP contribution in [0.4, 0.5) is 13.2 Å². The molecule has 2 atom stereocenters. The Labute approximate surface area is 165 Å². The molecule has 1 N–H and O–H groups in total. The topological polar surface area (TPSA) is 52.9 Å². The van der Waals surface area contributed by atoms with Crippen molar-refractivity contribution in [2.45, 2.75) is 24.3 Å². The van der Waals surface area contributed by atoms with Crippen LogP contribution in [0.1, 0.15) is 34.6 Å². The molecule has 1 fully saturated rings. The molecule has 0 aromatic heterocycles. The van der Waals surface area contributed by atoms with Crippen LogP contribution < -0.4 is 5.32 Å². The van der Waals surface area contributed by atoms with Gasteiger partial charge in [-0.05, 0) is 41.7 Å². The summed E-state index contributed by atoms with van der Waals surface area (Å²) in [5, 5.41) is 12.0. The van der Waals surface area contributed by atoms with E-state index in [4.69, 9.17) is 5.26 Å². The number of halogens is 3. The Hall–Kier alpha value is -2.46. The van der Waals surface area contributed by atoms with Crippen LogP contribution >= 0.6 is 11.8 Å². The van der Waals surface area contributed by atoms with E-state index >= 15 is 0 Å². The van der Waals surface area contributed by atoms with Crippen LogP contribution in [-0.2, 0) is 16.7 Å². The van der Waals surface area contributed by atoms with Crippen molar-refractivity contribution < 1.29 is 18.0 Å². The molecule has 146 valence electrons. The van der Waals surface area contributed by atoms with Gasteiger partial charge in [-0.15, -0.1) is 0 Å². The van der Waals surface area contributed by atoms with Crippen LogP contribution in [0.2, 0.25) is 0 Å². The fraction of sp³-hybridized carbons (Fsp3) is 0.333. The van der Waals surface area contributed by atoms with Gasteiger partial charge in [0, 0.05) is 24.0 Å². The maximum absolute atomic E-state index is 12.6. The second kappa shape index (κ2) is 8.70. The molecular weight excluding hydrogens is 385 g/mol. The van der Waals surface area contributed by atoms with Crippen molar-refractivity contribution in [3.8, 4) is 6.07 Å². The number of hydrogen-bond acceptors (Lipinski definition) is 3. The Kier molecular flexibility index (Phi) is 6.30. The molecular formula is C21H19F3N2OS. The standard InChI is InChI=1S/C21H19F3N2OS/c22-21(23,24)17-7-5-14(6-8-17)18-11-19(18)20(27)26-9-10-28-13-16-4-2-1-3-15(16)12-25/h1-8,18-19H,9-11,13H2,(H,26,27). The summed E-state index contributed by atoms with van der Waals surface area (Å²) < 4.78 is 37.8. The number of nitriles is 1. The lowest BCUT2D eigenvalue weighted by atomic mass is 10.1. The first kappa shape index (κ1) is 20.3. The van der Waals surface area contributed by atoms with Gasteiger partial charge in [0.05, 0.1) is 17.2 Å². The van der Waals surface area contributed by atoms with Gasteiger partial charge < -0.3 is 5.32 Å². The lowest BCUT2D eigenvalue weighted by molar-refractivity contribution is -0.137. The molecule has 0 saturated heterocycles. The molecule has 1 aliphatic carbocycles. The third kappa shape index (κ3) is 5.08. The third-order valence-corrected chi connectivity index (χ3v) is 5.74. The molecule has 0 spiro atoms. The molecule has 2 aromatic carbocycles. The van der Waals surface area contributed by atoms with Crippen LogP contribution in [-0.4, -0.2) is 18.2 Å². The van der Waals surface area contributed by atoms with E-state index in [1.54, 1.807) is 17.8 Å². The van der Waals surface area contributed by atoms with Gasteiger partial charge in [-0.1, -0.05) is 30.3 Å². The molecule has 0 heterocycles. The van der Waals surface area contributed by atoms with Crippen molar-refractivity contribution >= 4 is 17.7 Å². The lowest BCUT2D eigenvalue weighted by Gasteiger charge is -2.08. The Balaban J connectivity index is 1.39. The zero-order valence-electron chi connectivity index (χ0n) is 15.0. The number of nitrogens with one attached hydrogen (secondary N) is 1. The van der Waals surface area contributed by atoms with E-state index in [0.29, 0.717) is 24.3 Å². The van der Waals surface area contributed by atoms with Gasteiger partial charge in [0.1, 0.15) is 0 Å². The smallest absolute Gasteiger partial charge is 0.355 e. The van der Waals surface area contributed by atoms with Crippen molar-refractivity contribution in [1.82, 2.24) is 5.32 Å². The van der Waals surface area contributed by atoms with E-state index in [9.17, 15) is 18.0 Å². The van der Waals surface area contributed by atoms with Gasteiger partial charge >= 0.3 is 6.18 Å². The Morgan fingerprint density at radius 2 is 1.89 bits per heavy atom. The summed E-state index contributed by atoms with van der Waals surface area (Å²) in [5.74, 6) is 1.21. The maximum Gasteiger partial charge on any atom is 0.416 e. The van der Waals surface area contributed by atoms with Crippen molar-refractivity contribution in [3.63, 3.8) is 0 Å². The molecule has 2 aromatic rings. The van der Waals surface area contributed by atoms with Gasteiger partial charge in [0.25, 0.3) is 0 Å². The Morgan fingerprint density at radius 3 is 2.57 bits per heavy atom. The van der Waals surface area contributed by atoms with Crippen LogP contribution in [0.3, 0.4) is 0 Å². The molecule has 1 aliphatic rings. The molecule has 0 radical (unpaired) electrons. The molecule has 2 unspecified atom stereocenters. The van der Waals surface area contributed by atoms with Gasteiger partial charge in [-0.3, -0.25) is 4.79 Å². The SMILES string of the molecule is N#Cc1ccccc1CSCCNC(=O)C1CC1c1ccc(C(F)(F)F)cc1. The molecule has 0 bridgehead atoms. The van der Waals surface area contributed by atoms with Crippen molar-refractivity contribution in [2.75, 3.05) is 12.3 Å². The largest absolute Gasteiger partial charge is 0.416 e. The average Bonchev–Trinajstić information content (AvgIpc) is 3.48. The molecule has 7 heteroatoms. The van der Waals surface area contributed by atoms with E-state index in [-0.39, 0.29) is 17.7 Å². The van der Waals surface area contributed by atoms with Crippen LogP contribution in [0.25, 0.3) is 0 Å². The summed E-state index contributed by atoms with van der Waals surface area (Å²) in [6, 6.07) is 14.7. The highest BCUT2D eigenvalue weighted by molar-refractivity contribution is 7.98. The summed E-state index contributed by atoms with van der Waals surface area (Å²) >= 11 is 1.64. The number of alkyl halides is 3. The number of nitrogens with zero attached hydrogens (tertiary/aromatic N) is 1. The number of benzene rings is 2. The lowest BCUT2D eigenvalue weighted by Crippen LogP contribution is -2.27. The summed E-state index contributed by atoms with van der Waals surface area (Å²) in [6.45, 7) is 0.522. The normalized spacial score (nSPS) is 18.4. The predicted molar refractivity (Wildman–Crippen MR) is 103 cm³/mol. The zero-order chi connectivity index (χ0) is 20.1. The summed E-state index contributed by atoms with van der Waals surface area (Å²) in [6.07, 6.45) is -3.68. The third-order valence-electron chi connectivity index (χ3n) is 4.73. The average molecular weight is 404 g/mol. The number of thioether (sulfide) groups is 1. The predicted octanol–water partition coefficient (Wildman–Crippen LogP) is 4.73. The van der Waals surface area contributed by atoms with Gasteiger partial charge in [-0.2, -0.15) is 30.2 Å². The summed E-state index contributed by atoms with van der Waals surface area (Å²) in [4.78, 5) is 12.2. The minimum absolute atomic E-state index is 0.00237. The van der Waals surface area contributed by atoms with E-state index in [2.05, 4.69) is 11.4 Å². The maximum atomic E-state index is 12.6. The molecule has 1 saturated carbocycles. The second-order valence-electron chi connectivity index (χ2n) is 6.68. The Bertz CT molecular complexity index is 874. The number of rotatable bonds is 7. The van der Waals surface area contributed by atoms with Crippen LogP contribution in [0.5, 0.6) is 0 Å². The summed E-state index contributed by atoms with van der Waals surface area (Å²) in [7, 11) is 0. The number of carbonyl (C=O) groups excluding carboxylic acids is 1. The van der Waals surface area contributed by atoms with Gasteiger partial charge in [0.15, 0.2) is 0 Å². The first-order chi connectivity index (χ1) is 13.4. The molecule has 28 heavy (non-hydrogen) atoms. The van der Waals surface area contributed by atoms with E-state index < -0.39 is 11.7 Å². The highest BCUT2D eigenvalue weighted by Crippen LogP contribution is 2.47. The first-order valence-electron chi connectivity index (χ1n) is 8.91. The van der Waals surface area contributed by atoms with Gasteiger partial charge in [-0.25, -0.2) is 0 Å². The highest BCUT2D eigenvalue weighted by Gasteiger charge is 2.44. The van der Waals surface area contributed by atoms with Crippen LogP contribution in [0, 0.1) is 17.2 Å². The second-order valence-corrected chi connectivity index (χ2v) is 7.79. The van der Waals surface area contributed by atoms with Gasteiger partial charge in [0.2, 0.25) is 5.91 Å². The minimum atomic E-state index is -4.34. The molecule has 3 rings (SSSR count). The van der Waals surface area contributed by atoms with Crippen LogP contribution in [0.15, 0.2) is 48.5 Å². The van der Waals surface area contributed by atoms with E-state index in [0.717, 1.165) is 29.0 Å². The van der Waals surface area contributed by atoms with E-state index in [1.807, 2.05) is 18.2 Å². The van der Waals surface area contributed by atoms with E-state index in [1.165, 1.54) is 12.1 Å². The van der Waals surface area contributed by atoms with Crippen molar-refractivity contribution in [1.29, 1.82) is 5.26 Å². The number of amides is 1. The minimum Gasteiger partial charge on any atom is -0.355 e. The fourth-order valence-electron chi connectivity index (χ4n) is 3.09. The van der Waals surface area contributed by atoms with Crippen molar-refractivity contribution in [2.24, 2.45) is 5.92 Å². The fourth-order valence-corrected chi connectivity index (χ4v) is 3.95.